The topological polar surface area (TPSA) is 67.4 Å². The number of para-hydroxylation sites is 1. The molecular formula is C23H21ClN2O3S. The van der Waals surface area contributed by atoms with Crippen LogP contribution in [-0.2, 0) is 17.6 Å². The van der Waals surface area contributed by atoms with E-state index in [-0.39, 0.29) is 18.4 Å². The van der Waals surface area contributed by atoms with Gasteiger partial charge in [-0.1, -0.05) is 29.8 Å². The highest BCUT2D eigenvalue weighted by atomic mass is 35.5. The minimum Gasteiger partial charge on any atom is -0.484 e. The van der Waals surface area contributed by atoms with Gasteiger partial charge in [-0.15, -0.1) is 11.3 Å². The Morgan fingerprint density at radius 2 is 1.83 bits per heavy atom. The third kappa shape index (κ3) is 4.50. The van der Waals surface area contributed by atoms with Crippen molar-refractivity contribution in [3.8, 4) is 5.75 Å². The highest BCUT2D eigenvalue weighted by Gasteiger charge is 2.27. The van der Waals surface area contributed by atoms with Crippen LogP contribution in [0.5, 0.6) is 5.75 Å². The number of thiophene rings is 1. The molecule has 0 atom stereocenters. The van der Waals surface area contributed by atoms with E-state index in [1.54, 1.807) is 24.3 Å². The second kappa shape index (κ2) is 8.90. The van der Waals surface area contributed by atoms with Crippen LogP contribution in [0.4, 0.5) is 10.7 Å². The van der Waals surface area contributed by atoms with Crippen LogP contribution < -0.4 is 15.4 Å². The maximum atomic E-state index is 13.1. The highest BCUT2D eigenvalue weighted by molar-refractivity contribution is 7.17. The van der Waals surface area contributed by atoms with Crippen molar-refractivity contribution in [3.05, 3.63) is 75.1 Å². The van der Waals surface area contributed by atoms with Crippen molar-refractivity contribution >= 4 is 45.4 Å². The van der Waals surface area contributed by atoms with E-state index < -0.39 is 0 Å². The van der Waals surface area contributed by atoms with Gasteiger partial charge in [-0.25, -0.2) is 0 Å². The fraction of sp³-hybridized carbons (Fsp3) is 0.217. The number of hydrogen-bond donors (Lipinski definition) is 2. The van der Waals surface area contributed by atoms with Gasteiger partial charge in [0.2, 0.25) is 0 Å². The lowest BCUT2D eigenvalue weighted by atomic mass is 10.1. The Kier molecular flexibility index (Phi) is 6.06. The zero-order valence-electron chi connectivity index (χ0n) is 16.5. The van der Waals surface area contributed by atoms with Crippen LogP contribution in [0.2, 0.25) is 5.02 Å². The molecule has 1 aliphatic carbocycles. The summed E-state index contributed by atoms with van der Waals surface area (Å²) in [5, 5.41) is 7.04. The zero-order valence-corrected chi connectivity index (χ0v) is 18.0. The van der Waals surface area contributed by atoms with Gasteiger partial charge in [-0.2, -0.15) is 0 Å². The molecule has 0 saturated carbocycles. The molecule has 1 heterocycles. The van der Waals surface area contributed by atoms with Crippen LogP contribution in [0.3, 0.4) is 0 Å². The second-order valence-electron chi connectivity index (χ2n) is 7.12. The van der Waals surface area contributed by atoms with E-state index in [0.29, 0.717) is 21.3 Å². The smallest absolute Gasteiger partial charge is 0.262 e. The first kappa shape index (κ1) is 20.4. The first-order chi connectivity index (χ1) is 14.5. The Hall–Kier alpha value is -2.83. The molecule has 3 aromatic rings. The molecular weight excluding hydrogens is 420 g/mol. The number of carbonyl (C=O) groups excluding carboxylic acids is 2. The maximum absolute atomic E-state index is 13.1. The van der Waals surface area contributed by atoms with Crippen LogP contribution in [0.25, 0.3) is 0 Å². The molecule has 4 rings (SSSR count). The van der Waals surface area contributed by atoms with Crippen LogP contribution in [-0.4, -0.2) is 18.4 Å². The number of rotatable bonds is 6. The lowest BCUT2D eigenvalue weighted by Crippen LogP contribution is -2.22. The van der Waals surface area contributed by atoms with E-state index in [4.69, 9.17) is 16.3 Å². The van der Waals surface area contributed by atoms with Gasteiger partial charge in [0.15, 0.2) is 6.61 Å². The molecule has 30 heavy (non-hydrogen) atoms. The largest absolute Gasteiger partial charge is 0.484 e. The molecule has 2 amide bonds. The fourth-order valence-electron chi connectivity index (χ4n) is 3.47. The van der Waals surface area contributed by atoms with Crippen LogP contribution in [0.1, 0.15) is 32.8 Å². The average molecular weight is 441 g/mol. The molecule has 0 fully saturated rings. The average Bonchev–Trinajstić information content (AvgIpc) is 3.30. The summed E-state index contributed by atoms with van der Waals surface area (Å²) in [6.45, 7) is 1.80. The van der Waals surface area contributed by atoms with E-state index in [1.807, 2.05) is 31.2 Å². The third-order valence-electron chi connectivity index (χ3n) is 4.98. The summed E-state index contributed by atoms with van der Waals surface area (Å²) >= 11 is 7.34. The molecule has 154 valence electrons. The third-order valence-corrected chi connectivity index (χ3v) is 6.44. The van der Waals surface area contributed by atoms with E-state index in [0.717, 1.165) is 36.1 Å². The summed E-state index contributed by atoms with van der Waals surface area (Å²) in [5.74, 6) is 0.0492. The quantitative estimate of drug-likeness (QED) is 0.534. The highest BCUT2D eigenvalue weighted by Crippen LogP contribution is 2.39. The van der Waals surface area contributed by atoms with Gasteiger partial charge in [0.25, 0.3) is 11.8 Å². The number of ether oxygens (including phenoxy) is 1. The maximum Gasteiger partial charge on any atom is 0.262 e. The van der Waals surface area contributed by atoms with Crippen LogP contribution in [0, 0.1) is 6.92 Å². The van der Waals surface area contributed by atoms with Crippen molar-refractivity contribution in [1.82, 2.24) is 0 Å². The number of anilines is 2. The molecule has 0 unspecified atom stereocenters. The van der Waals surface area contributed by atoms with E-state index in [2.05, 4.69) is 10.6 Å². The first-order valence-electron chi connectivity index (χ1n) is 9.71. The number of benzene rings is 2. The van der Waals surface area contributed by atoms with Gasteiger partial charge < -0.3 is 15.4 Å². The summed E-state index contributed by atoms with van der Waals surface area (Å²) in [5.41, 5.74) is 3.36. The minimum atomic E-state index is -0.310. The number of carbonyl (C=O) groups is 2. The SMILES string of the molecule is Cc1ccccc1NC(=O)c1c(NC(=O)COc2ccc(Cl)cc2)sc2c1CCC2. The second-order valence-corrected chi connectivity index (χ2v) is 8.66. The molecule has 0 spiro atoms. The predicted octanol–water partition coefficient (Wildman–Crippen LogP) is 5.47. The molecule has 7 heteroatoms. The van der Waals surface area contributed by atoms with Crippen molar-refractivity contribution in [3.63, 3.8) is 0 Å². The normalized spacial score (nSPS) is 12.3. The van der Waals surface area contributed by atoms with Gasteiger partial charge >= 0.3 is 0 Å². The van der Waals surface area contributed by atoms with Crippen molar-refractivity contribution in [2.75, 3.05) is 17.2 Å². The summed E-state index contributed by atoms with van der Waals surface area (Å²) < 4.78 is 5.52. The molecule has 0 aliphatic heterocycles. The standard InChI is InChI=1S/C23H21ClN2O3S/c1-14-5-2-3-7-18(14)25-22(28)21-17-6-4-8-19(17)30-23(21)26-20(27)13-29-16-11-9-15(24)10-12-16/h2-3,5,7,9-12H,4,6,8,13H2,1H3,(H,25,28)(H,26,27). The Labute approximate surface area is 184 Å². The summed E-state index contributed by atoms with van der Waals surface area (Å²) in [4.78, 5) is 26.7. The van der Waals surface area contributed by atoms with E-state index in [1.165, 1.54) is 16.2 Å². The number of nitrogens with one attached hydrogen (secondary N) is 2. The van der Waals surface area contributed by atoms with Gasteiger partial charge in [0.05, 0.1) is 5.56 Å². The summed E-state index contributed by atoms with van der Waals surface area (Å²) in [6, 6.07) is 14.4. The van der Waals surface area contributed by atoms with Crippen LogP contribution in [0.15, 0.2) is 48.5 Å². The molecule has 5 nitrogen and oxygen atoms in total. The lowest BCUT2D eigenvalue weighted by Gasteiger charge is -2.11. The number of hydrogen-bond acceptors (Lipinski definition) is 4. The molecule has 1 aromatic heterocycles. The number of halogens is 1. The Morgan fingerprint density at radius 3 is 2.60 bits per heavy atom. The number of aryl methyl sites for hydroxylation is 2. The summed E-state index contributed by atoms with van der Waals surface area (Å²) in [6.07, 6.45) is 2.81. The van der Waals surface area contributed by atoms with E-state index >= 15 is 0 Å². The van der Waals surface area contributed by atoms with Crippen molar-refractivity contribution in [2.24, 2.45) is 0 Å². The van der Waals surface area contributed by atoms with Crippen molar-refractivity contribution in [2.45, 2.75) is 26.2 Å². The number of fused-ring (bicyclic) bond motifs is 1. The number of amides is 2. The molecule has 0 radical (unpaired) electrons. The van der Waals surface area contributed by atoms with Gasteiger partial charge in [0.1, 0.15) is 10.8 Å². The van der Waals surface area contributed by atoms with Crippen molar-refractivity contribution in [1.29, 1.82) is 0 Å². The molecule has 2 N–H and O–H groups in total. The zero-order chi connectivity index (χ0) is 21.1. The Bertz CT molecular complexity index is 1090. The van der Waals surface area contributed by atoms with Gasteiger partial charge in [-0.05, 0) is 67.6 Å². The summed E-state index contributed by atoms with van der Waals surface area (Å²) in [7, 11) is 0. The molecule has 0 bridgehead atoms. The van der Waals surface area contributed by atoms with Crippen molar-refractivity contribution < 1.29 is 14.3 Å². The van der Waals surface area contributed by atoms with E-state index in [9.17, 15) is 9.59 Å². The van der Waals surface area contributed by atoms with Gasteiger partial charge in [0, 0.05) is 15.6 Å². The molecule has 2 aromatic carbocycles. The lowest BCUT2D eigenvalue weighted by molar-refractivity contribution is -0.118. The fourth-order valence-corrected chi connectivity index (χ4v) is 4.90. The molecule has 0 saturated heterocycles. The molecule has 1 aliphatic rings. The van der Waals surface area contributed by atoms with Crippen LogP contribution >= 0.6 is 22.9 Å². The Morgan fingerprint density at radius 1 is 1.07 bits per heavy atom. The Balaban J connectivity index is 1.49. The monoisotopic (exact) mass is 440 g/mol. The first-order valence-corrected chi connectivity index (χ1v) is 10.9. The predicted molar refractivity (Wildman–Crippen MR) is 121 cm³/mol. The minimum absolute atomic E-state index is 0.150. The van der Waals surface area contributed by atoms with Gasteiger partial charge in [-0.3, -0.25) is 9.59 Å².